The zero-order valence-corrected chi connectivity index (χ0v) is 17.9. The molecule has 1 amide bonds. The zero-order valence-electron chi connectivity index (χ0n) is 17.9. The predicted molar refractivity (Wildman–Crippen MR) is 118 cm³/mol. The minimum atomic E-state index is -0.455. The molecule has 158 valence electrons. The van der Waals surface area contributed by atoms with E-state index in [0.29, 0.717) is 18.9 Å². The van der Waals surface area contributed by atoms with E-state index < -0.39 is 6.09 Å². The van der Waals surface area contributed by atoms with Gasteiger partial charge >= 0.3 is 6.09 Å². The van der Waals surface area contributed by atoms with Crippen LogP contribution in [0.2, 0.25) is 0 Å². The van der Waals surface area contributed by atoms with Crippen molar-refractivity contribution in [1.29, 1.82) is 5.26 Å². The lowest BCUT2D eigenvalue weighted by atomic mass is 9.91. The van der Waals surface area contributed by atoms with Crippen LogP contribution in [-0.2, 0) is 4.74 Å². The number of anilines is 2. The summed E-state index contributed by atoms with van der Waals surface area (Å²) in [6, 6.07) is 16.1. The molecule has 0 bridgehead atoms. The highest BCUT2D eigenvalue weighted by atomic mass is 16.5. The van der Waals surface area contributed by atoms with Crippen molar-refractivity contribution in [1.82, 2.24) is 0 Å². The predicted octanol–water partition coefficient (Wildman–Crippen LogP) is 5.62. The van der Waals surface area contributed by atoms with Crippen LogP contribution in [0.1, 0.15) is 56.7 Å². The van der Waals surface area contributed by atoms with Gasteiger partial charge in [0, 0.05) is 24.0 Å². The van der Waals surface area contributed by atoms with Crippen LogP contribution in [0.3, 0.4) is 0 Å². The first-order valence-corrected chi connectivity index (χ1v) is 10.6. The summed E-state index contributed by atoms with van der Waals surface area (Å²) in [5.74, 6) is 0.551. The van der Waals surface area contributed by atoms with Crippen molar-refractivity contribution < 1.29 is 14.3 Å². The minimum absolute atomic E-state index is 0.0806. The molecule has 0 fully saturated rings. The molecule has 0 aromatic heterocycles. The summed E-state index contributed by atoms with van der Waals surface area (Å²) in [5, 5.41) is 12.7. The lowest BCUT2D eigenvalue weighted by molar-refractivity contribution is 0.161. The van der Waals surface area contributed by atoms with Gasteiger partial charge in [-0.3, -0.25) is 5.32 Å². The first-order valence-electron chi connectivity index (χ1n) is 10.6. The maximum atomic E-state index is 11.8. The fourth-order valence-corrected chi connectivity index (χ4v) is 3.92. The lowest BCUT2D eigenvalue weighted by Crippen LogP contribution is -2.27. The monoisotopic (exact) mass is 407 g/mol. The Kier molecular flexibility index (Phi) is 7.18. The highest BCUT2D eigenvalue weighted by Gasteiger charge is 2.39. The fourth-order valence-electron chi connectivity index (χ4n) is 3.92. The normalized spacial score (nSPS) is 17.2. The van der Waals surface area contributed by atoms with E-state index in [4.69, 9.17) is 9.47 Å². The third-order valence-electron chi connectivity index (χ3n) is 5.15. The number of hydrogen-bond acceptors (Lipinski definition) is 5. The van der Waals surface area contributed by atoms with Crippen molar-refractivity contribution in [2.24, 2.45) is 0 Å². The van der Waals surface area contributed by atoms with Gasteiger partial charge in [0.2, 0.25) is 0 Å². The molecular formula is C24H29N3O3. The fraction of sp³-hybridized carbons (Fsp3) is 0.417. The number of amides is 1. The van der Waals surface area contributed by atoms with Crippen LogP contribution < -0.4 is 15.0 Å². The van der Waals surface area contributed by atoms with Gasteiger partial charge in [-0.25, -0.2) is 4.79 Å². The molecule has 0 spiro atoms. The van der Waals surface area contributed by atoms with E-state index >= 15 is 0 Å². The van der Waals surface area contributed by atoms with Gasteiger partial charge < -0.3 is 14.4 Å². The van der Waals surface area contributed by atoms with E-state index in [1.807, 2.05) is 56.3 Å². The molecule has 6 heteroatoms. The van der Waals surface area contributed by atoms with Crippen molar-refractivity contribution in [3.8, 4) is 11.8 Å². The van der Waals surface area contributed by atoms with Crippen LogP contribution in [0.4, 0.5) is 16.2 Å². The van der Waals surface area contributed by atoms with Gasteiger partial charge in [0.25, 0.3) is 0 Å². The Labute approximate surface area is 178 Å². The van der Waals surface area contributed by atoms with Gasteiger partial charge in [0.1, 0.15) is 5.75 Å². The molecule has 3 rings (SSSR count). The molecule has 0 saturated carbocycles. The summed E-state index contributed by atoms with van der Waals surface area (Å²) >= 11 is 0. The molecule has 1 heterocycles. The van der Waals surface area contributed by atoms with Gasteiger partial charge in [-0.2, -0.15) is 5.26 Å². The minimum Gasteiger partial charge on any atom is -0.494 e. The van der Waals surface area contributed by atoms with Crippen LogP contribution in [0, 0.1) is 11.3 Å². The summed E-state index contributed by atoms with van der Waals surface area (Å²) in [7, 11) is 0. The second-order valence-electron chi connectivity index (χ2n) is 7.28. The van der Waals surface area contributed by atoms with Crippen molar-refractivity contribution in [2.75, 3.05) is 30.0 Å². The van der Waals surface area contributed by atoms with Gasteiger partial charge in [0.05, 0.1) is 31.2 Å². The number of nitrogens with one attached hydrogen (secondary N) is 1. The second kappa shape index (κ2) is 10.0. The molecular weight excluding hydrogens is 378 g/mol. The van der Waals surface area contributed by atoms with E-state index in [2.05, 4.69) is 23.2 Å². The van der Waals surface area contributed by atoms with Crippen LogP contribution in [0.5, 0.6) is 5.75 Å². The van der Waals surface area contributed by atoms with Crippen molar-refractivity contribution in [2.45, 2.75) is 45.6 Å². The lowest BCUT2D eigenvalue weighted by Gasteiger charge is -2.29. The summed E-state index contributed by atoms with van der Waals surface area (Å²) in [4.78, 5) is 14.1. The number of fused-ring (bicyclic) bond motifs is 1. The van der Waals surface area contributed by atoms with Gasteiger partial charge in [-0.05, 0) is 49.1 Å². The molecule has 30 heavy (non-hydrogen) atoms. The summed E-state index contributed by atoms with van der Waals surface area (Å²) in [6.07, 6.45) is 1.29. The Morgan fingerprint density at radius 1 is 1.13 bits per heavy atom. The summed E-state index contributed by atoms with van der Waals surface area (Å²) < 4.78 is 10.8. The van der Waals surface area contributed by atoms with Crippen molar-refractivity contribution in [3.63, 3.8) is 0 Å². The molecule has 1 aliphatic rings. The number of benzene rings is 2. The number of hydrogen-bond donors (Lipinski definition) is 1. The molecule has 1 aliphatic heterocycles. The summed E-state index contributed by atoms with van der Waals surface area (Å²) in [6.45, 7) is 7.89. The summed E-state index contributed by atoms with van der Waals surface area (Å²) in [5.41, 5.74) is 3.80. The number of nitrogens with zero attached hydrogens (tertiary/aromatic N) is 2. The Bertz CT molecular complexity index is 905. The molecule has 0 radical (unpaired) electrons. The molecule has 2 aromatic carbocycles. The Morgan fingerprint density at radius 3 is 2.53 bits per heavy atom. The Morgan fingerprint density at radius 2 is 1.90 bits per heavy atom. The van der Waals surface area contributed by atoms with Crippen LogP contribution in [-0.4, -0.2) is 25.9 Å². The molecule has 2 unspecified atom stereocenters. The third kappa shape index (κ3) is 4.51. The quantitative estimate of drug-likeness (QED) is 0.614. The average Bonchev–Trinajstić information content (AvgIpc) is 3.06. The standard InChI is InChI=1S/C24H29N3O3/c1-4-13-27-22-15-19(29-6-3)11-12-20(22)21(16-25)23(27)17-7-9-18(10-8-17)26-24(28)30-14-5-2/h7-12,15,21,23H,4-6,13-14H2,1-3H3,(H,26,28). The van der Waals surface area contributed by atoms with Crippen LogP contribution in [0.25, 0.3) is 0 Å². The van der Waals surface area contributed by atoms with Crippen LogP contribution in [0.15, 0.2) is 42.5 Å². The van der Waals surface area contributed by atoms with E-state index in [0.717, 1.165) is 42.0 Å². The Balaban J connectivity index is 1.88. The molecule has 0 aliphatic carbocycles. The topological polar surface area (TPSA) is 74.6 Å². The molecule has 2 atom stereocenters. The number of carbonyl (C=O) groups is 1. The molecule has 1 N–H and O–H groups in total. The second-order valence-corrected chi connectivity index (χ2v) is 7.28. The van der Waals surface area contributed by atoms with E-state index in [-0.39, 0.29) is 12.0 Å². The number of rotatable bonds is 8. The first-order chi connectivity index (χ1) is 14.6. The Hall–Kier alpha value is -3.20. The molecule has 6 nitrogen and oxygen atoms in total. The molecule has 0 saturated heterocycles. The largest absolute Gasteiger partial charge is 0.494 e. The third-order valence-corrected chi connectivity index (χ3v) is 5.15. The average molecular weight is 408 g/mol. The van der Waals surface area contributed by atoms with Crippen LogP contribution >= 0.6 is 0 Å². The highest BCUT2D eigenvalue weighted by molar-refractivity contribution is 5.84. The number of ether oxygens (including phenoxy) is 2. The highest BCUT2D eigenvalue weighted by Crippen LogP contribution is 2.49. The van der Waals surface area contributed by atoms with E-state index in [9.17, 15) is 10.1 Å². The first kappa shape index (κ1) is 21.5. The molecule has 2 aromatic rings. The zero-order chi connectivity index (χ0) is 21.5. The van der Waals surface area contributed by atoms with E-state index in [1.165, 1.54) is 0 Å². The maximum absolute atomic E-state index is 11.8. The van der Waals surface area contributed by atoms with Crippen molar-refractivity contribution in [3.05, 3.63) is 53.6 Å². The number of carbonyl (C=O) groups excluding carboxylic acids is 1. The van der Waals surface area contributed by atoms with Gasteiger partial charge in [-0.1, -0.05) is 32.0 Å². The van der Waals surface area contributed by atoms with Gasteiger partial charge in [-0.15, -0.1) is 0 Å². The SMILES string of the molecule is CCCOC(=O)Nc1ccc(C2C(C#N)c3ccc(OCC)cc3N2CCC)cc1. The van der Waals surface area contributed by atoms with Crippen molar-refractivity contribution >= 4 is 17.5 Å². The van der Waals surface area contributed by atoms with Gasteiger partial charge in [0.15, 0.2) is 0 Å². The smallest absolute Gasteiger partial charge is 0.411 e. The maximum Gasteiger partial charge on any atom is 0.411 e. The number of nitriles is 1. The van der Waals surface area contributed by atoms with E-state index in [1.54, 1.807) is 0 Å².